The first kappa shape index (κ1) is 23.1. The molecule has 2 heterocycles. The number of likely N-dealkylation sites (tertiary alicyclic amines) is 2. The minimum absolute atomic E-state index is 0.00868. The molecule has 1 aromatic rings. The highest BCUT2D eigenvalue weighted by Gasteiger charge is 2.29. The second-order valence-corrected chi connectivity index (χ2v) is 8.83. The van der Waals surface area contributed by atoms with Crippen molar-refractivity contribution >= 4 is 17.9 Å². The van der Waals surface area contributed by atoms with Crippen LogP contribution >= 0.6 is 0 Å². The number of ether oxygens (including phenoxy) is 1. The van der Waals surface area contributed by atoms with Crippen LogP contribution in [-0.2, 0) is 9.53 Å². The molecule has 31 heavy (non-hydrogen) atoms. The molecule has 0 aromatic heterocycles. The first-order valence-corrected chi connectivity index (χ1v) is 11.5. The van der Waals surface area contributed by atoms with Crippen LogP contribution in [0.3, 0.4) is 0 Å². The van der Waals surface area contributed by atoms with E-state index in [9.17, 15) is 14.4 Å². The van der Waals surface area contributed by atoms with Gasteiger partial charge in [-0.3, -0.25) is 9.59 Å². The predicted octanol–water partition coefficient (Wildman–Crippen LogP) is 3.40. The SMILES string of the molecule is CCOC(=O)C1CCN(C(=O)c2cccc([C@@H]3CCCN(C(=O)NC(C)C)C3)c2)CC1. The summed E-state index contributed by atoms with van der Waals surface area (Å²) < 4.78 is 5.12. The summed E-state index contributed by atoms with van der Waals surface area (Å²) in [6.07, 6.45) is 3.25. The van der Waals surface area contributed by atoms with Crippen molar-refractivity contribution in [3.63, 3.8) is 0 Å². The number of hydrogen-bond acceptors (Lipinski definition) is 4. The van der Waals surface area contributed by atoms with Crippen molar-refractivity contribution in [2.45, 2.75) is 58.4 Å². The van der Waals surface area contributed by atoms with E-state index < -0.39 is 0 Å². The van der Waals surface area contributed by atoms with Crippen LogP contribution in [0.25, 0.3) is 0 Å². The van der Waals surface area contributed by atoms with Crippen molar-refractivity contribution in [1.82, 2.24) is 15.1 Å². The predicted molar refractivity (Wildman–Crippen MR) is 119 cm³/mol. The first-order chi connectivity index (χ1) is 14.9. The smallest absolute Gasteiger partial charge is 0.317 e. The molecule has 7 heteroatoms. The highest BCUT2D eigenvalue weighted by atomic mass is 16.5. The molecule has 0 aliphatic carbocycles. The molecular formula is C24H35N3O4. The molecule has 2 aliphatic rings. The van der Waals surface area contributed by atoms with Gasteiger partial charge < -0.3 is 19.9 Å². The van der Waals surface area contributed by atoms with Crippen molar-refractivity contribution in [3.05, 3.63) is 35.4 Å². The van der Waals surface area contributed by atoms with Crippen LogP contribution in [0.15, 0.2) is 24.3 Å². The molecule has 0 bridgehead atoms. The zero-order valence-electron chi connectivity index (χ0n) is 18.9. The number of benzene rings is 1. The lowest BCUT2D eigenvalue weighted by Gasteiger charge is -2.34. The number of piperidine rings is 2. The monoisotopic (exact) mass is 429 g/mol. The highest BCUT2D eigenvalue weighted by Crippen LogP contribution is 2.28. The quantitative estimate of drug-likeness (QED) is 0.728. The van der Waals surface area contributed by atoms with E-state index in [2.05, 4.69) is 11.4 Å². The maximum atomic E-state index is 13.1. The second kappa shape index (κ2) is 10.6. The molecule has 0 radical (unpaired) electrons. The van der Waals surface area contributed by atoms with Gasteiger partial charge in [-0.05, 0) is 64.2 Å². The molecule has 3 rings (SSSR count). The van der Waals surface area contributed by atoms with Crippen LogP contribution in [0.1, 0.15) is 68.3 Å². The number of carbonyl (C=O) groups excluding carboxylic acids is 3. The van der Waals surface area contributed by atoms with Crippen LogP contribution in [0.2, 0.25) is 0 Å². The normalized spacial score (nSPS) is 19.9. The Labute approximate surface area is 185 Å². The largest absolute Gasteiger partial charge is 0.466 e. The zero-order chi connectivity index (χ0) is 22.4. The van der Waals surface area contributed by atoms with Gasteiger partial charge in [0.2, 0.25) is 0 Å². The van der Waals surface area contributed by atoms with Crippen molar-refractivity contribution in [1.29, 1.82) is 0 Å². The fourth-order valence-corrected chi connectivity index (χ4v) is 4.46. The number of nitrogens with zero attached hydrogens (tertiary/aromatic N) is 2. The van der Waals surface area contributed by atoms with E-state index in [0.29, 0.717) is 44.6 Å². The summed E-state index contributed by atoms with van der Waals surface area (Å²) in [5.41, 5.74) is 1.78. The maximum Gasteiger partial charge on any atom is 0.317 e. The molecule has 0 spiro atoms. The summed E-state index contributed by atoms with van der Waals surface area (Å²) >= 11 is 0. The Balaban J connectivity index is 1.61. The molecule has 0 saturated carbocycles. The summed E-state index contributed by atoms with van der Waals surface area (Å²) in [5.74, 6) is -0.0242. The third kappa shape index (κ3) is 5.99. The van der Waals surface area contributed by atoms with Gasteiger partial charge in [-0.2, -0.15) is 0 Å². The van der Waals surface area contributed by atoms with E-state index in [0.717, 1.165) is 24.9 Å². The molecule has 0 unspecified atom stereocenters. The van der Waals surface area contributed by atoms with Gasteiger partial charge in [-0.15, -0.1) is 0 Å². The van der Waals surface area contributed by atoms with Crippen molar-refractivity contribution < 1.29 is 19.1 Å². The van der Waals surface area contributed by atoms with Gasteiger partial charge in [-0.25, -0.2) is 4.79 Å². The third-order valence-corrected chi connectivity index (χ3v) is 6.13. The van der Waals surface area contributed by atoms with E-state index in [1.807, 2.05) is 48.8 Å². The van der Waals surface area contributed by atoms with Crippen LogP contribution in [0.5, 0.6) is 0 Å². The maximum absolute atomic E-state index is 13.1. The summed E-state index contributed by atoms with van der Waals surface area (Å²) in [6.45, 7) is 8.70. The molecule has 2 aliphatic heterocycles. The summed E-state index contributed by atoms with van der Waals surface area (Å²) in [5, 5.41) is 2.97. The van der Waals surface area contributed by atoms with Gasteiger partial charge in [-0.1, -0.05) is 12.1 Å². The van der Waals surface area contributed by atoms with Crippen LogP contribution in [0.4, 0.5) is 4.79 Å². The molecular weight excluding hydrogens is 394 g/mol. The number of rotatable bonds is 5. The minimum atomic E-state index is -0.153. The van der Waals surface area contributed by atoms with Gasteiger partial charge in [0, 0.05) is 43.7 Å². The second-order valence-electron chi connectivity index (χ2n) is 8.83. The Bertz CT molecular complexity index is 787. The fourth-order valence-electron chi connectivity index (χ4n) is 4.46. The van der Waals surface area contributed by atoms with Gasteiger partial charge in [0.1, 0.15) is 0 Å². The topological polar surface area (TPSA) is 79.0 Å². The molecule has 3 amide bonds. The lowest BCUT2D eigenvalue weighted by molar-refractivity contribution is -0.149. The Morgan fingerprint density at radius 2 is 1.84 bits per heavy atom. The molecule has 2 saturated heterocycles. The number of urea groups is 1. The molecule has 1 atom stereocenters. The molecule has 1 aromatic carbocycles. The first-order valence-electron chi connectivity index (χ1n) is 11.5. The summed E-state index contributed by atoms with van der Waals surface area (Å²) in [6, 6.07) is 7.92. The van der Waals surface area contributed by atoms with Gasteiger partial charge >= 0.3 is 12.0 Å². The Hall–Kier alpha value is -2.57. The van der Waals surface area contributed by atoms with Crippen LogP contribution < -0.4 is 5.32 Å². The van der Waals surface area contributed by atoms with Gasteiger partial charge in [0.25, 0.3) is 5.91 Å². The van der Waals surface area contributed by atoms with Crippen LogP contribution in [-0.4, -0.2) is 66.5 Å². The average molecular weight is 430 g/mol. The Morgan fingerprint density at radius 1 is 1.10 bits per heavy atom. The zero-order valence-corrected chi connectivity index (χ0v) is 18.9. The van der Waals surface area contributed by atoms with E-state index in [1.165, 1.54) is 0 Å². The fraction of sp³-hybridized carbons (Fsp3) is 0.625. The summed E-state index contributed by atoms with van der Waals surface area (Å²) in [7, 11) is 0. The Morgan fingerprint density at radius 3 is 2.52 bits per heavy atom. The standard InChI is InChI=1S/C24H35N3O4/c1-4-31-23(29)18-10-13-26(14-11-18)22(28)20-8-5-7-19(15-20)21-9-6-12-27(16-21)24(30)25-17(2)3/h5,7-8,15,17-18,21H,4,6,9-14,16H2,1-3H3,(H,25,30)/t21-/m1/s1. The number of esters is 1. The molecule has 7 nitrogen and oxygen atoms in total. The minimum Gasteiger partial charge on any atom is -0.466 e. The van der Waals surface area contributed by atoms with Crippen LogP contribution in [0, 0.1) is 5.92 Å². The van der Waals surface area contributed by atoms with Crippen molar-refractivity contribution in [2.75, 3.05) is 32.8 Å². The lowest BCUT2D eigenvalue weighted by atomic mass is 9.89. The third-order valence-electron chi connectivity index (χ3n) is 6.13. The van der Waals surface area contributed by atoms with E-state index in [-0.39, 0.29) is 35.8 Å². The van der Waals surface area contributed by atoms with Gasteiger partial charge in [0.05, 0.1) is 12.5 Å². The van der Waals surface area contributed by atoms with E-state index in [1.54, 1.807) is 0 Å². The number of hydrogen-bond donors (Lipinski definition) is 1. The van der Waals surface area contributed by atoms with E-state index in [4.69, 9.17) is 4.74 Å². The van der Waals surface area contributed by atoms with Crippen molar-refractivity contribution in [3.8, 4) is 0 Å². The Kier molecular flexibility index (Phi) is 7.93. The highest BCUT2D eigenvalue weighted by molar-refractivity contribution is 5.94. The van der Waals surface area contributed by atoms with E-state index >= 15 is 0 Å². The molecule has 170 valence electrons. The lowest BCUT2D eigenvalue weighted by Crippen LogP contribution is -2.47. The average Bonchev–Trinajstić information content (AvgIpc) is 2.78. The number of amides is 3. The number of carbonyl (C=O) groups is 3. The number of nitrogens with one attached hydrogen (secondary N) is 1. The molecule has 1 N–H and O–H groups in total. The molecule has 2 fully saturated rings. The van der Waals surface area contributed by atoms with Crippen molar-refractivity contribution in [2.24, 2.45) is 5.92 Å². The summed E-state index contributed by atoms with van der Waals surface area (Å²) in [4.78, 5) is 41.1. The van der Waals surface area contributed by atoms with Gasteiger partial charge in [0.15, 0.2) is 0 Å².